The van der Waals surface area contributed by atoms with Crippen LogP contribution in [0.2, 0.25) is 10.0 Å². The molecule has 1 unspecified atom stereocenters. The second kappa shape index (κ2) is 6.33. The number of hydrogen-bond acceptors (Lipinski definition) is 3. The van der Waals surface area contributed by atoms with E-state index in [4.69, 9.17) is 23.2 Å². The van der Waals surface area contributed by atoms with Crippen LogP contribution < -0.4 is 5.32 Å². The van der Waals surface area contributed by atoms with Gasteiger partial charge in [0.05, 0.1) is 11.0 Å². The molecule has 0 spiro atoms. The predicted molar refractivity (Wildman–Crippen MR) is 86.3 cm³/mol. The van der Waals surface area contributed by atoms with Crippen LogP contribution >= 0.6 is 23.2 Å². The molecule has 0 fully saturated rings. The molecule has 2 aromatic rings. The molecule has 0 aromatic heterocycles. The Balaban J connectivity index is 2.32. The fourth-order valence-electron chi connectivity index (χ4n) is 2.14. The van der Waals surface area contributed by atoms with E-state index in [-0.39, 0.29) is 11.7 Å². The highest BCUT2D eigenvalue weighted by Gasteiger charge is 2.16. The van der Waals surface area contributed by atoms with E-state index in [1.165, 1.54) is 6.07 Å². The molecule has 0 bridgehead atoms. The van der Waals surface area contributed by atoms with Crippen molar-refractivity contribution in [1.82, 2.24) is 0 Å². The lowest BCUT2D eigenvalue weighted by molar-refractivity contribution is -0.385. The fourth-order valence-corrected chi connectivity index (χ4v) is 2.60. The third-order valence-corrected chi connectivity index (χ3v) is 3.88. The SMILES string of the molecule is Cc1c(NC(C)c2cc(Cl)ccc2Cl)cccc1[N+](=O)[O-]. The number of nitro benzene ring substituents is 1. The number of rotatable bonds is 4. The van der Waals surface area contributed by atoms with Crippen molar-refractivity contribution in [3.05, 3.63) is 67.7 Å². The summed E-state index contributed by atoms with van der Waals surface area (Å²) in [5.41, 5.74) is 2.22. The first-order valence-electron chi connectivity index (χ1n) is 6.35. The first kappa shape index (κ1) is 15.6. The third-order valence-electron chi connectivity index (χ3n) is 3.30. The summed E-state index contributed by atoms with van der Waals surface area (Å²) in [6.07, 6.45) is 0. The number of benzene rings is 2. The van der Waals surface area contributed by atoms with Crippen molar-refractivity contribution >= 4 is 34.6 Å². The van der Waals surface area contributed by atoms with Gasteiger partial charge in [0.1, 0.15) is 0 Å². The molecular weight excluding hydrogens is 311 g/mol. The standard InChI is InChI=1S/C15H14Cl2N2O2/c1-9-14(4-3-5-15(9)19(20)21)18-10(2)12-8-11(16)6-7-13(12)17/h3-8,10,18H,1-2H3. The van der Waals surface area contributed by atoms with Crippen molar-refractivity contribution < 1.29 is 4.92 Å². The van der Waals surface area contributed by atoms with Gasteiger partial charge in [-0.3, -0.25) is 10.1 Å². The van der Waals surface area contributed by atoms with Gasteiger partial charge in [0, 0.05) is 27.4 Å². The molecule has 0 heterocycles. The topological polar surface area (TPSA) is 55.2 Å². The van der Waals surface area contributed by atoms with Crippen LogP contribution in [-0.2, 0) is 0 Å². The Hall–Kier alpha value is -1.78. The van der Waals surface area contributed by atoms with Crippen molar-refractivity contribution in [3.63, 3.8) is 0 Å². The maximum Gasteiger partial charge on any atom is 0.274 e. The third kappa shape index (κ3) is 3.46. The van der Waals surface area contributed by atoms with Crippen molar-refractivity contribution in [3.8, 4) is 0 Å². The molecule has 0 saturated carbocycles. The summed E-state index contributed by atoms with van der Waals surface area (Å²) in [7, 11) is 0. The lowest BCUT2D eigenvalue weighted by Crippen LogP contribution is -2.09. The number of nitrogens with one attached hydrogen (secondary N) is 1. The van der Waals surface area contributed by atoms with Crippen LogP contribution in [0.1, 0.15) is 24.1 Å². The Kier molecular flexibility index (Phi) is 4.70. The van der Waals surface area contributed by atoms with Gasteiger partial charge in [-0.15, -0.1) is 0 Å². The van der Waals surface area contributed by atoms with Gasteiger partial charge in [0.15, 0.2) is 0 Å². The van der Waals surface area contributed by atoms with Crippen molar-refractivity contribution in [2.45, 2.75) is 19.9 Å². The van der Waals surface area contributed by atoms with E-state index < -0.39 is 4.92 Å². The largest absolute Gasteiger partial charge is 0.378 e. The van der Waals surface area contributed by atoms with E-state index >= 15 is 0 Å². The van der Waals surface area contributed by atoms with E-state index in [1.54, 1.807) is 37.3 Å². The molecule has 0 amide bonds. The van der Waals surface area contributed by atoms with Crippen LogP contribution in [0.25, 0.3) is 0 Å². The van der Waals surface area contributed by atoms with Gasteiger partial charge in [0.25, 0.3) is 5.69 Å². The summed E-state index contributed by atoms with van der Waals surface area (Å²) < 4.78 is 0. The zero-order chi connectivity index (χ0) is 15.6. The average Bonchev–Trinajstić information content (AvgIpc) is 2.43. The second-order valence-corrected chi connectivity index (χ2v) is 5.58. The maximum atomic E-state index is 11.0. The minimum atomic E-state index is -0.391. The molecule has 21 heavy (non-hydrogen) atoms. The average molecular weight is 325 g/mol. The number of nitrogens with zero attached hydrogens (tertiary/aromatic N) is 1. The van der Waals surface area contributed by atoms with E-state index in [2.05, 4.69) is 5.32 Å². The van der Waals surface area contributed by atoms with E-state index in [0.717, 1.165) is 5.56 Å². The van der Waals surface area contributed by atoms with Crippen molar-refractivity contribution in [1.29, 1.82) is 0 Å². The van der Waals surface area contributed by atoms with Gasteiger partial charge in [0.2, 0.25) is 0 Å². The summed E-state index contributed by atoms with van der Waals surface area (Å²) in [6.45, 7) is 3.64. The van der Waals surface area contributed by atoms with Crippen LogP contribution in [0, 0.1) is 17.0 Å². The lowest BCUT2D eigenvalue weighted by atomic mass is 10.1. The molecule has 2 aromatic carbocycles. The molecule has 110 valence electrons. The fraction of sp³-hybridized carbons (Fsp3) is 0.200. The van der Waals surface area contributed by atoms with Gasteiger partial charge in [-0.2, -0.15) is 0 Å². The first-order chi connectivity index (χ1) is 9.90. The normalized spacial score (nSPS) is 12.0. The highest BCUT2D eigenvalue weighted by atomic mass is 35.5. The zero-order valence-corrected chi connectivity index (χ0v) is 13.1. The van der Waals surface area contributed by atoms with Gasteiger partial charge in [-0.25, -0.2) is 0 Å². The van der Waals surface area contributed by atoms with Gasteiger partial charge >= 0.3 is 0 Å². The van der Waals surface area contributed by atoms with Crippen molar-refractivity contribution in [2.24, 2.45) is 0 Å². The van der Waals surface area contributed by atoms with Crippen LogP contribution in [0.5, 0.6) is 0 Å². The smallest absolute Gasteiger partial charge is 0.274 e. The Bertz CT molecular complexity index is 689. The predicted octanol–water partition coefficient (Wildman–Crippen LogP) is 5.38. The Morgan fingerprint density at radius 1 is 1.24 bits per heavy atom. The van der Waals surface area contributed by atoms with Crippen LogP contribution in [-0.4, -0.2) is 4.92 Å². The van der Waals surface area contributed by atoms with E-state index in [1.807, 2.05) is 6.92 Å². The monoisotopic (exact) mass is 324 g/mol. The second-order valence-electron chi connectivity index (χ2n) is 4.74. The van der Waals surface area contributed by atoms with Gasteiger partial charge < -0.3 is 5.32 Å². The Morgan fingerprint density at radius 3 is 2.62 bits per heavy atom. The molecular formula is C15H14Cl2N2O2. The summed E-state index contributed by atoms with van der Waals surface area (Å²) in [5, 5.41) is 15.4. The molecule has 6 heteroatoms. The Morgan fingerprint density at radius 2 is 1.95 bits per heavy atom. The molecule has 0 radical (unpaired) electrons. The van der Waals surface area contributed by atoms with Crippen LogP contribution in [0.15, 0.2) is 36.4 Å². The lowest BCUT2D eigenvalue weighted by Gasteiger charge is -2.18. The molecule has 2 rings (SSSR count). The number of nitro groups is 1. The highest BCUT2D eigenvalue weighted by molar-refractivity contribution is 6.33. The zero-order valence-electron chi connectivity index (χ0n) is 11.6. The van der Waals surface area contributed by atoms with Crippen LogP contribution in [0.3, 0.4) is 0 Å². The molecule has 1 N–H and O–H groups in total. The molecule has 4 nitrogen and oxygen atoms in total. The Labute approximate surface area is 132 Å². The summed E-state index contributed by atoms with van der Waals surface area (Å²) >= 11 is 12.2. The van der Waals surface area contributed by atoms with Crippen LogP contribution in [0.4, 0.5) is 11.4 Å². The molecule has 1 atom stereocenters. The molecule has 0 saturated heterocycles. The van der Waals surface area contributed by atoms with E-state index in [9.17, 15) is 10.1 Å². The molecule has 0 aliphatic heterocycles. The number of halogens is 2. The number of anilines is 1. The molecule has 0 aliphatic rings. The van der Waals surface area contributed by atoms with E-state index in [0.29, 0.717) is 21.3 Å². The minimum absolute atomic E-state index is 0.0874. The summed E-state index contributed by atoms with van der Waals surface area (Å²) in [6, 6.07) is 10.1. The van der Waals surface area contributed by atoms with Crippen molar-refractivity contribution in [2.75, 3.05) is 5.32 Å². The first-order valence-corrected chi connectivity index (χ1v) is 7.11. The highest BCUT2D eigenvalue weighted by Crippen LogP contribution is 2.31. The molecule has 0 aliphatic carbocycles. The quantitative estimate of drug-likeness (QED) is 0.606. The maximum absolute atomic E-state index is 11.0. The van der Waals surface area contributed by atoms with Gasteiger partial charge in [-0.1, -0.05) is 29.3 Å². The summed E-state index contributed by atoms with van der Waals surface area (Å²) in [5.74, 6) is 0. The summed E-state index contributed by atoms with van der Waals surface area (Å²) in [4.78, 5) is 10.6. The minimum Gasteiger partial charge on any atom is -0.378 e. The van der Waals surface area contributed by atoms with Gasteiger partial charge in [-0.05, 0) is 43.7 Å². The number of hydrogen-bond donors (Lipinski definition) is 1.